The Bertz CT molecular complexity index is 1060. The Kier molecular flexibility index (Phi) is 5.39. The number of rotatable bonds is 5. The van der Waals surface area contributed by atoms with E-state index >= 15 is 0 Å². The van der Waals surface area contributed by atoms with E-state index in [9.17, 15) is 4.79 Å². The van der Waals surface area contributed by atoms with E-state index in [1.807, 2.05) is 42.5 Å². The first-order valence-corrected chi connectivity index (χ1v) is 9.88. The van der Waals surface area contributed by atoms with E-state index in [0.717, 1.165) is 27.6 Å². The van der Waals surface area contributed by atoms with E-state index in [-0.39, 0.29) is 5.91 Å². The number of carbonyl (C=O) groups is 1. The van der Waals surface area contributed by atoms with Crippen LogP contribution in [0.4, 0.5) is 0 Å². The molecule has 0 aromatic heterocycles. The van der Waals surface area contributed by atoms with Crippen molar-refractivity contribution < 1.29 is 9.53 Å². The molecule has 1 heterocycles. The van der Waals surface area contributed by atoms with Gasteiger partial charge in [-0.2, -0.15) is 5.10 Å². The predicted molar refractivity (Wildman–Crippen MR) is 115 cm³/mol. The molecule has 5 nitrogen and oxygen atoms in total. The van der Waals surface area contributed by atoms with Crippen molar-refractivity contribution in [1.82, 2.24) is 4.90 Å². The van der Waals surface area contributed by atoms with E-state index in [0.29, 0.717) is 17.5 Å². The molecule has 1 amide bonds. The fourth-order valence-corrected chi connectivity index (χ4v) is 3.90. The minimum atomic E-state index is 0.0522. The normalized spacial score (nSPS) is 15.8. The molecule has 1 fully saturated rings. The number of ether oxygens (including phenoxy) is 1. The number of amidine groups is 1. The van der Waals surface area contributed by atoms with E-state index in [1.165, 1.54) is 11.8 Å². The first-order valence-electron chi connectivity index (χ1n) is 8.89. The lowest BCUT2D eigenvalue weighted by molar-refractivity contribution is -0.124. The van der Waals surface area contributed by atoms with Gasteiger partial charge in [0.2, 0.25) is 5.91 Å². The van der Waals surface area contributed by atoms with Crippen molar-refractivity contribution in [2.75, 3.05) is 12.9 Å². The number of thioether (sulfide) groups is 1. The zero-order chi connectivity index (χ0) is 19.3. The predicted octanol–water partition coefficient (Wildman–Crippen LogP) is 4.31. The third kappa shape index (κ3) is 3.92. The number of methoxy groups -OCH3 is 1. The molecule has 28 heavy (non-hydrogen) atoms. The van der Waals surface area contributed by atoms with Gasteiger partial charge < -0.3 is 4.74 Å². The molecular formula is C22H19N3O2S. The van der Waals surface area contributed by atoms with Crippen molar-refractivity contribution in [2.45, 2.75) is 6.54 Å². The summed E-state index contributed by atoms with van der Waals surface area (Å²) in [7, 11) is 1.63. The Hall–Kier alpha value is -3.12. The molecule has 0 aliphatic carbocycles. The third-order valence-electron chi connectivity index (χ3n) is 4.53. The highest BCUT2D eigenvalue weighted by molar-refractivity contribution is 8.15. The minimum Gasteiger partial charge on any atom is -0.497 e. The second-order valence-electron chi connectivity index (χ2n) is 6.31. The van der Waals surface area contributed by atoms with E-state index in [4.69, 9.17) is 4.74 Å². The zero-order valence-corrected chi connectivity index (χ0v) is 16.2. The quantitative estimate of drug-likeness (QED) is 0.483. The maximum atomic E-state index is 12.4. The molecule has 6 heteroatoms. The molecule has 0 atom stereocenters. The van der Waals surface area contributed by atoms with Crippen LogP contribution in [0, 0.1) is 0 Å². The van der Waals surface area contributed by atoms with Gasteiger partial charge in [0.1, 0.15) is 5.75 Å². The number of nitrogens with zero attached hydrogens (tertiary/aromatic N) is 3. The minimum absolute atomic E-state index is 0.0522. The molecule has 3 aromatic rings. The fraction of sp³-hybridized carbons (Fsp3) is 0.136. The van der Waals surface area contributed by atoms with E-state index < -0.39 is 0 Å². The standard InChI is InChI=1S/C22H19N3O2S/c1-27-19-11-9-16(10-12-19)13-23-24-22-25(21(26)15-28-22)14-18-7-4-6-17-5-2-3-8-20(17)18/h2-13H,14-15H2,1H3/b23-13-,24-22-. The number of carbonyl (C=O) groups excluding carboxylic acids is 1. The van der Waals surface area contributed by atoms with Crippen molar-refractivity contribution in [1.29, 1.82) is 0 Å². The molecule has 1 saturated heterocycles. The van der Waals surface area contributed by atoms with Crippen molar-refractivity contribution in [3.05, 3.63) is 77.9 Å². The number of benzene rings is 3. The summed E-state index contributed by atoms with van der Waals surface area (Å²) in [4.78, 5) is 14.1. The van der Waals surface area contributed by atoms with Gasteiger partial charge in [-0.25, -0.2) is 0 Å². The van der Waals surface area contributed by atoms with E-state index in [1.54, 1.807) is 18.2 Å². The highest BCUT2D eigenvalue weighted by Crippen LogP contribution is 2.25. The Balaban J connectivity index is 1.54. The largest absolute Gasteiger partial charge is 0.497 e. The summed E-state index contributed by atoms with van der Waals surface area (Å²) in [5.74, 6) is 1.24. The summed E-state index contributed by atoms with van der Waals surface area (Å²) in [6, 6.07) is 21.9. The monoisotopic (exact) mass is 389 g/mol. The van der Waals surface area contributed by atoms with Crippen LogP contribution >= 0.6 is 11.8 Å². The smallest absolute Gasteiger partial charge is 0.239 e. The van der Waals surface area contributed by atoms with Crippen LogP contribution in [-0.4, -0.2) is 35.1 Å². The summed E-state index contributed by atoms with van der Waals surface area (Å²) in [6.07, 6.45) is 1.67. The van der Waals surface area contributed by atoms with Gasteiger partial charge in [-0.15, -0.1) is 5.10 Å². The lowest BCUT2D eigenvalue weighted by atomic mass is 10.0. The molecule has 1 aliphatic rings. The van der Waals surface area contributed by atoms with Crippen LogP contribution in [-0.2, 0) is 11.3 Å². The van der Waals surface area contributed by atoms with Gasteiger partial charge in [-0.05, 0) is 46.2 Å². The van der Waals surface area contributed by atoms with Crippen LogP contribution in [0.15, 0.2) is 76.9 Å². The summed E-state index contributed by atoms with van der Waals surface area (Å²) < 4.78 is 5.15. The molecule has 4 rings (SSSR count). The van der Waals surface area contributed by atoms with Gasteiger partial charge >= 0.3 is 0 Å². The lowest BCUT2D eigenvalue weighted by Crippen LogP contribution is -2.28. The number of hydrogen-bond donors (Lipinski definition) is 0. The Morgan fingerprint density at radius 3 is 2.68 bits per heavy atom. The van der Waals surface area contributed by atoms with Crippen molar-refractivity contribution >= 4 is 39.8 Å². The van der Waals surface area contributed by atoms with Gasteiger partial charge in [-0.1, -0.05) is 54.2 Å². The second kappa shape index (κ2) is 8.27. The maximum absolute atomic E-state index is 12.4. The van der Waals surface area contributed by atoms with Gasteiger partial charge in [0.25, 0.3) is 0 Å². The van der Waals surface area contributed by atoms with Crippen LogP contribution in [0.3, 0.4) is 0 Å². The average molecular weight is 389 g/mol. The average Bonchev–Trinajstić information content (AvgIpc) is 3.08. The Labute approximate surface area is 167 Å². The van der Waals surface area contributed by atoms with Crippen molar-refractivity contribution in [3.8, 4) is 5.75 Å². The summed E-state index contributed by atoms with van der Waals surface area (Å²) in [6.45, 7) is 0.490. The van der Waals surface area contributed by atoms with Gasteiger partial charge in [-0.3, -0.25) is 9.69 Å². The van der Waals surface area contributed by atoms with Crippen LogP contribution in [0.2, 0.25) is 0 Å². The molecule has 0 saturated carbocycles. The highest BCUT2D eigenvalue weighted by atomic mass is 32.2. The maximum Gasteiger partial charge on any atom is 0.239 e. The number of amides is 1. The van der Waals surface area contributed by atoms with Crippen LogP contribution in [0.25, 0.3) is 10.8 Å². The SMILES string of the molecule is COc1ccc(/C=N\N=C2/SCC(=O)N2Cc2cccc3ccccc23)cc1. The lowest BCUT2D eigenvalue weighted by Gasteiger charge is -2.16. The van der Waals surface area contributed by atoms with Crippen LogP contribution in [0.5, 0.6) is 5.75 Å². The Morgan fingerprint density at radius 2 is 1.86 bits per heavy atom. The molecule has 0 spiro atoms. The first-order chi connectivity index (χ1) is 13.7. The zero-order valence-electron chi connectivity index (χ0n) is 15.4. The fourth-order valence-electron chi connectivity index (χ4n) is 3.06. The van der Waals surface area contributed by atoms with Crippen LogP contribution in [0.1, 0.15) is 11.1 Å². The topological polar surface area (TPSA) is 54.3 Å². The molecule has 140 valence electrons. The molecule has 0 bridgehead atoms. The van der Waals surface area contributed by atoms with Gasteiger partial charge in [0.15, 0.2) is 5.17 Å². The second-order valence-corrected chi connectivity index (χ2v) is 7.25. The molecule has 1 aliphatic heterocycles. The summed E-state index contributed by atoms with van der Waals surface area (Å²) >= 11 is 1.42. The third-order valence-corrected chi connectivity index (χ3v) is 5.48. The molecule has 0 radical (unpaired) electrons. The van der Waals surface area contributed by atoms with E-state index in [2.05, 4.69) is 34.5 Å². The summed E-state index contributed by atoms with van der Waals surface area (Å²) in [5, 5.41) is 11.4. The van der Waals surface area contributed by atoms with Crippen molar-refractivity contribution in [2.24, 2.45) is 10.2 Å². The molecular weight excluding hydrogens is 370 g/mol. The number of fused-ring (bicyclic) bond motifs is 1. The first kappa shape index (κ1) is 18.3. The van der Waals surface area contributed by atoms with Crippen LogP contribution < -0.4 is 4.74 Å². The Morgan fingerprint density at radius 1 is 1.07 bits per heavy atom. The number of hydrogen-bond acceptors (Lipinski definition) is 5. The molecule has 0 N–H and O–H groups in total. The highest BCUT2D eigenvalue weighted by Gasteiger charge is 2.28. The van der Waals surface area contributed by atoms with Gasteiger partial charge in [0.05, 0.1) is 25.6 Å². The molecule has 3 aromatic carbocycles. The summed E-state index contributed by atoms with van der Waals surface area (Å²) in [5.41, 5.74) is 2.01. The van der Waals surface area contributed by atoms with Gasteiger partial charge in [0, 0.05) is 0 Å². The van der Waals surface area contributed by atoms with Crippen molar-refractivity contribution in [3.63, 3.8) is 0 Å². The molecule has 0 unspecified atom stereocenters.